The van der Waals surface area contributed by atoms with Crippen LogP contribution in [-0.2, 0) is 5.75 Å². The SMILES string of the molecule is CC(N)C(C)(C)SCc1ccccc1. The summed E-state index contributed by atoms with van der Waals surface area (Å²) in [5.41, 5.74) is 7.28. The molecule has 0 saturated heterocycles. The lowest BCUT2D eigenvalue weighted by Gasteiger charge is -2.28. The highest BCUT2D eigenvalue weighted by atomic mass is 32.2. The van der Waals surface area contributed by atoms with Gasteiger partial charge in [-0.1, -0.05) is 30.3 Å². The molecule has 1 aromatic carbocycles. The van der Waals surface area contributed by atoms with Gasteiger partial charge in [-0.15, -0.1) is 11.8 Å². The second-order valence-electron chi connectivity index (χ2n) is 4.17. The molecule has 0 aliphatic carbocycles. The van der Waals surface area contributed by atoms with Crippen molar-refractivity contribution in [3.8, 4) is 0 Å². The monoisotopic (exact) mass is 209 g/mol. The van der Waals surface area contributed by atoms with Gasteiger partial charge in [0.2, 0.25) is 0 Å². The van der Waals surface area contributed by atoms with Gasteiger partial charge in [-0.3, -0.25) is 0 Å². The smallest absolute Gasteiger partial charge is 0.0255 e. The van der Waals surface area contributed by atoms with E-state index in [1.807, 2.05) is 17.8 Å². The van der Waals surface area contributed by atoms with Gasteiger partial charge in [0.25, 0.3) is 0 Å². The molecule has 0 aromatic heterocycles. The van der Waals surface area contributed by atoms with Crippen LogP contribution in [0.5, 0.6) is 0 Å². The standard InChI is InChI=1S/C12H19NS/c1-10(13)12(2,3)14-9-11-7-5-4-6-8-11/h4-8,10H,9,13H2,1-3H3. The van der Waals surface area contributed by atoms with Crippen molar-refractivity contribution >= 4 is 11.8 Å². The fourth-order valence-electron chi connectivity index (χ4n) is 0.975. The Morgan fingerprint density at radius 2 is 1.86 bits per heavy atom. The Balaban J connectivity index is 2.49. The molecule has 1 nitrogen and oxygen atoms in total. The molecule has 0 aliphatic heterocycles. The molecule has 2 N–H and O–H groups in total. The molecule has 2 heteroatoms. The third-order valence-corrected chi connectivity index (χ3v) is 4.14. The molecule has 1 atom stereocenters. The Morgan fingerprint density at radius 3 is 2.36 bits per heavy atom. The first kappa shape index (κ1) is 11.6. The van der Waals surface area contributed by atoms with Gasteiger partial charge in [-0.2, -0.15) is 0 Å². The third-order valence-electron chi connectivity index (χ3n) is 2.55. The molecule has 0 aliphatic rings. The van der Waals surface area contributed by atoms with Gasteiger partial charge in [-0.05, 0) is 26.3 Å². The lowest BCUT2D eigenvalue weighted by molar-refractivity contribution is 0.577. The predicted molar refractivity (Wildman–Crippen MR) is 65.5 cm³/mol. The molecule has 0 heterocycles. The van der Waals surface area contributed by atoms with Crippen LogP contribution in [0.3, 0.4) is 0 Å². The molecule has 0 fully saturated rings. The van der Waals surface area contributed by atoms with Crippen molar-refractivity contribution in [2.75, 3.05) is 0 Å². The average molecular weight is 209 g/mol. The van der Waals surface area contributed by atoms with Crippen molar-refractivity contribution < 1.29 is 0 Å². The highest BCUT2D eigenvalue weighted by molar-refractivity contribution is 7.99. The zero-order valence-electron chi connectivity index (χ0n) is 9.16. The Morgan fingerprint density at radius 1 is 1.29 bits per heavy atom. The van der Waals surface area contributed by atoms with Crippen molar-refractivity contribution in [2.45, 2.75) is 37.3 Å². The number of thioether (sulfide) groups is 1. The molecule has 78 valence electrons. The number of rotatable bonds is 4. The molecule has 1 aromatic rings. The van der Waals surface area contributed by atoms with Crippen LogP contribution >= 0.6 is 11.8 Å². The summed E-state index contributed by atoms with van der Waals surface area (Å²) in [6.07, 6.45) is 0. The van der Waals surface area contributed by atoms with E-state index in [1.54, 1.807) is 0 Å². The van der Waals surface area contributed by atoms with Crippen LogP contribution in [0, 0.1) is 0 Å². The Kier molecular flexibility index (Phi) is 4.02. The van der Waals surface area contributed by atoms with E-state index in [0.717, 1.165) is 5.75 Å². The zero-order valence-corrected chi connectivity index (χ0v) is 9.97. The summed E-state index contributed by atoms with van der Waals surface area (Å²) in [6, 6.07) is 10.7. The summed E-state index contributed by atoms with van der Waals surface area (Å²) in [4.78, 5) is 0. The van der Waals surface area contributed by atoms with Crippen LogP contribution in [0.25, 0.3) is 0 Å². The molecule has 0 spiro atoms. The van der Waals surface area contributed by atoms with Crippen molar-refractivity contribution in [1.29, 1.82) is 0 Å². The second-order valence-corrected chi connectivity index (χ2v) is 5.80. The summed E-state index contributed by atoms with van der Waals surface area (Å²) in [7, 11) is 0. The molecular formula is C12H19NS. The van der Waals surface area contributed by atoms with Crippen LogP contribution in [-0.4, -0.2) is 10.8 Å². The van der Waals surface area contributed by atoms with E-state index in [1.165, 1.54) is 5.56 Å². The molecule has 14 heavy (non-hydrogen) atoms. The molecule has 1 rings (SSSR count). The van der Waals surface area contributed by atoms with Crippen molar-refractivity contribution in [2.24, 2.45) is 5.73 Å². The maximum Gasteiger partial charge on any atom is 0.0255 e. The predicted octanol–water partition coefficient (Wildman–Crippen LogP) is 3.05. The highest BCUT2D eigenvalue weighted by Crippen LogP contribution is 2.30. The molecule has 0 saturated carbocycles. The van der Waals surface area contributed by atoms with Gasteiger partial charge in [-0.25, -0.2) is 0 Å². The number of hydrogen-bond acceptors (Lipinski definition) is 2. The van der Waals surface area contributed by atoms with E-state index >= 15 is 0 Å². The van der Waals surface area contributed by atoms with Gasteiger partial charge in [0.15, 0.2) is 0 Å². The first-order valence-corrected chi connectivity index (χ1v) is 5.94. The normalized spacial score (nSPS) is 14.0. The minimum absolute atomic E-state index is 0.149. The third kappa shape index (κ3) is 3.35. The summed E-state index contributed by atoms with van der Waals surface area (Å²) in [5.74, 6) is 1.04. The van der Waals surface area contributed by atoms with Gasteiger partial charge >= 0.3 is 0 Å². The quantitative estimate of drug-likeness (QED) is 0.825. The summed E-state index contributed by atoms with van der Waals surface area (Å²) in [6.45, 7) is 6.47. The number of hydrogen-bond donors (Lipinski definition) is 1. The van der Waals surface area contributed by atoms with E-state index < -0.39 is 0 Å². The molecule has 0 radical (unpaired) electrons. The fourth-order valence-corrected chi connectivity index (χ4v) is 1.97. The van der Waals surface area contributed by atoms with Crippen LogP contribution in [0.2, 0.25) is 0 Å². The minimum atomic E-state index is 0.149. The molecule has 0 amide bonds. The topological polar surface area (TPSA) is 26.0 Å². The summed E-state index contributed by atoms with van der Waals surface area (Å²) in [5, 5.41) is 0. The van der Waals surface area contributed by atoms with Crippen LogP contribution < -0.4 is 5.73 Å². The lowest BCUT2D eigenvalue weighted by Crippen LogP contribution is -2.37. The van der Waals surface area contributed by atoms with Crippen molar-refractivity contribution in [3.63, 3.8) is 0 Å². The largest absolute Gasteiger partial charge is 0.327 e. The minimum Gasteiger partial charge on any atom is -0.327 e. The highest BCUT2D eigenvalue weighted by Gasteiger charge is 2.22. The van der Waals surface area contributed by atoms with Crippen LogP contribution in [0.4, 0.5) is 0 Å². The maximum absolute atomic E-state index is 5.91. The number of benzene rings is 1. The summed E-state index contributed by atoms with van der Waals surface area (Å²) < 4.78 is 0.149. The first-order valence-electron chi connectivity index (χ1n) is 4.96. The van der Waals surface area contributed by atoms with Gasteiger partial charge < -0.3 is 5.73 Å². The first-order chi connectivity index (χ1) is 6.52. The lowest BCUT2D eigenvalue weighted by atomic mass is 10.1. The van der Waals surface area contributed by atoms with E-state index in [0.29, 0.717) is 0 Å². The van der Waals surface area contributed by atoms with Crippen molar-refractivity contribution in [3.05, 3.63) is 35.9 Å². The Labute approximate surface area is 91.1 Å². The summed E-state index contributed by atoms with van der Waals surface area (Å²) >= 11 is 1.91. The molecular weight excluding hydrogens is 190 g/mol. The van der Waals surface area contributed by atoms with E-state index in [2.05, 4.69) is 45.0 Å². The van der Waals surface area contributed by atoms with Gasteiger partial charge in [0.1, 0.15) is 0 Å². The average Bonchev–Trinajstić information content (AvgIpc) is 2.16. The maximum atomic E-state index is 5.91. The van der Waals surface area contributed by atoms with E-state index in [-0.39, 0.29) is 10.8 Å². The zero-order chi connectivity index (χ0) is 10.6. The van der Waals surface area contributed by atoms with Gasteiger partial charge in [0.05, 0.1) is 0 Å². The molecule has 1 unspecified atom stereocenters. The Bertz CT molecular complexity index is 267. The number of nitrogens with two attached hydrogens (primary N) is 1. The fraction of sp³-hybridized carbons (Fsp3) is 0.500. The van der Waals surface area contributed by atoms with Crippen molar-refractivity contribution in [1.82, 2.24) is 0 Å². The molecule has 0 bridgehead atoms. The van der Waals surface area contributed by atoms with Crippen LogP contribution in [0.1, 0.15) is 26.3 Å². The Hall–Kier alpha value is -0.470. The van der Waals surface area contributed by atoms with Crippen LogP contribution in [0.15, 0.2) is 30.3 Å². The van der Waals surface area contributed by atoms with E-state index in [9.17, 15) is 0 Å². The second kappa shape index (κ2) is 4.85. The van der Waals surface area contributed by atoms with E-state index in [4.69, 9.17) is 5.73 Å². The van der Waals surface area contributed by atoms with Gasteiger partial charge in [0, 0.05) is 16.5 Å².